The molecule has 17 heavy (non-hydrogen) atoms. The van der Waals surface area contributed by atoms with Crippen LogP contribution in [0.5, 0.6) is 0 Å². The van der Waals surface area contributed by atoms with Crippen molar-refractivity contribution in [3.63, 3.8) is 0 Å². The minimum Gasteiger partial charge on any atom is -0.393 e. The summed E-state index contributed by atoms with van der Waals surface area (Å²) in [5.41, 5.74) is 5.36. The summed E-state index contributed by atoms with van der Waals surface area (Å²) < 4.78 is 29.1. The van der Waals surface area contributed by atoms with Gasteiger partial charge in [0, 0.05) is 17.8 Å². The van der Waals surface area contributed by atoms with E-state index in [0.717, 1.165) is 0 Å². The van der Waals surface area contributed by atoms with Crippen LogP contribution in [0.1, 0.15) is 33.1 Å². The van der Waals surface area contributed by atoms with Crippen LogP contribution in [0, 0.1) is 5.41 Å². The zero-order chi connectivity index (χ0) is 13.1. The molecule has 0 aromatic carbocycles. The summed E-state index contributed by atoms with van der Waals surface area (Å²) in [6, 6.07) is 0. The molecule has 0 amide bonds. The fourth-order valence-electron chi connectivity index (χ4n) is 2.34. The highest BCUT2D eigenvalue weighted by Gasteiger charge is 2.45. The third kappa shape index (κ3) is 3.17. The Balaban J connectivity index is 2.82. The second-order valence-corrected chi connectivity index (χ2v) is 7.61. The van der Waals surface area contributed by atoms with Crippen LogP contribution in [0.25, 0.3) is 0 Å². The molecule has 4 nitrogen and oxygen atoms in total. The van der Waals surface area contributed by atoms with Gasteiger partial charge in [-0.15, -0.1) is 0 Å². The maximum Gasteiger partial charge on any atom is 0.152 e. The number of thiocarbonyl (C=S) groups is 1. The van der Waals surface area contributed by atoms with Gasteiger partial charge in [-0.25, -0.2) is 8.42 Å². The smallest absolute Gasteiger partial charge is 0.152 e. The van der Waals surface area contributed by atoms with Crippen LogP contribution in [-0.2, 0) is 14.6 Å². The van der Waals surface area contributed by atoms with Gasteiger partial charge in [-0.3, -0.25) is 0 Å². The monoisotopic (exact) mass is 279 g/mol. The summed E-state index contributed by atoms with van der Waals surface area (Å²) in [6.45, 7) is 4.62. The van der Waals surface area contributed by atoms with Crippen molar-refractivity contribution in [3.8, 4) is 0 Å². The summed E-state index contributed by atoms with van der Waals surface area (Å²) in [7, 11) is -3.00. The second kappa shape index (κ2) is 5.63. The Morgan fingerprint density at radius 3 is 2.65 bits per heavy atom. The van der Waals surface area contributed by atoms with Crippen LogP contribution < -0.4 is 5.73 Å². The van der Waals surface area contributed by atoms with Gasteiger partial charge in [-0.05, 0) is 26.2 Å². The van der Waals surface area contributed by atoms with E-state index in [1.54, 1.807) is 6.92 Å². The van der Waals surface area contributed by atoms with Crippen LogP contribution in [0.15, 0.2) is 0 Å². The molecule has 2 N–H and O–H groups in total. The van der Waals surface area contributed by atoms with Crippen LogP contribution in [0.2, 0.25) is 0 Å². The van der Waals surface area contributed by atoms with Crippen molar-refractivity contribution >= 4 is 27.0 Å². The van der Waals surface area contributed by atoms with Crippen LogP contribution in [-0.4, -0.2) is 37.6 Å². The van der Waals surface area contributed by atoms with Crippen LogP contribution >= 0.6 is 12.2 Å². The van der Waals surface area contributed by atoms with Crippen molar-refractivity contribution in [3.05, 3.63) is 0 Å². The SMILES string of the molecule is CCOC[C@@]1(C(N)=S)CC[C@@H](S(=O)(=O)CC)C1. The van der Waals surface area contributed by atoms with Crippen molar-refractivity contribution in [2.75, 3.05) is 19.0 Å². The Hall–Kier alpha value is -0.200. The summed E-state index contributed by atoms with van der Waals surface area (Å²) in [5.74, 6) is 0.180. The van der Waals surface area contributed by atoms with Gasteiger partial charge in [0.05, 0.1) is 16.8 Å². The lowest BCUT2D eigenvalue weighted by atomic mass is 9.87. The van der Waals surface area contributed by atoms with Crippen molar-refractivity contribution in [1.29, 1.82) is 0 Å². The molecule has 0 bridgehead atoms. The fraction of sp³-hybridized carbons (Fsp3) is 0.909. The molecule has 1 aliphatic carbocycles. The van der Waals surface area contributed by atoms with Gasteiger partial charge in [-0.1, -0.05) is 19.1 Å². The predicted molar refractivity (Wildman–Crippen MR) is 72.8 cm³/mol. The van der Waals surface area contributed by atoms with Gasteiger partial charge in [0.25, 0.3) is 0 Å². The number of hydrogen-bond acceptors (Lipinski definition) is 4. The second-order valence-electron chi connectivity index (χ2n) is 4.60. The van der Waals surface area contributed by atoms with E-state index in [1.165, 1.54) is 0 Å². The third-order valence-corrected chi connectivity index (χ3v) is 6.23. The molecule has 0 radical (unpaired) electrons. The average molecular weight is 279 g/mol. The Bertz CT molecular complexity index is 380. The molecule has 0 aromatic heterocycles. The fourth-order valence-corrected chi connectivity index (χ4v) is 4.11. The van der Waals surface area contributed by atoms with Crippen molar-refractivity contribution in [1.82, 2.24) is 0 Å². The molecular formula is C11H21NO3S2. The van der Waals surface area contributed by atoms with E-state index in [2.05, 4.69) is 0 Å². The van der Waals surface area contributed by atoms with Gasteiger partial charge in [-0.2, -0.15) is 0 Å². The highest BCUT2D eigenvalue weighted by Crippen LogP contribution is 2.42. The van der Waals surface area contributed by atoms with Crippen molar-refractivity contribution in [2.45, 2.75) is 38.4 Å². The largest absolute Gasteiger partial charge is 0.393 e. The Morgan fingerprint density at radius 1 is 1.53 bits per heavy atom. The highest BCUT2D eigenvalue weighted by atomic mass is 32.2. The molecule has 1 aliphatic rings. The van der Waals surface area contributed by atoms with Crippen molar-refractivity contribution < 1.29 is 13.2 Å². The molecule has 1 fully saturated rings. The topological polar surface area (TPSA) is 69.4 Å². The molecule has 2 atom stereocenters. The molecule has 1 rings (SSSR count). The molecule has 0 aliphatic heterocycles. The molecule has 100 valence electrons. The number of ether oxygens (including phenoxy) is 1. The van der Waals surface area contributed by atoms with Gasteiger partial charge < -0.3 is 10.5 Å². The molecule has 0 heterocycles. The summed E-state index contributed by atoms with van der Waals surface area (Å²) in [6.07, 6.45) is 1.87. The molecule has 0 saturated heterocycles. The predicted octanol–water partition coefficient (Wildman–Crippen LogP) is 1.28. The quantitative estimate of drug-likeness (QED) is 0.742. The number of rotatable bonds is 6. The maximum absolute atomic E-state index is 11.9. The molecule has 1 saturated carbocycles. The minimum absolute atomic E-state index is 0.180. The van der Waals surface area contributed by atoms with E-state index < -0.39 is 15.3 Å². The summed E-state index contributed by atoms with van der Waals surface area (Å²) in [5, 5.41) is -0.311. The molecule has 0 spiro atoms. The van der Waals surface area contributed by atoms with E-state index in [1.807, 2.05) is 6.92 Å². The van der Waals surface area contributed by atoms with Crippen LogP contribution in [0.4, 0.5) is 0 Å². The lowest BCUT2D eigenvalue weighted by Crippen LogP contribution is -2.38. The summed E-state index contributed by atoms with van der Waals surface area (Å²) in [4.78, 5) is 0.389. The van der Waals surface area contributed by atoms with E-state index in [9.17, 15) is 8.42 Å². The normalized spacial score (nSPS) is 29.4. The molecule has 6 heteroatoms. The Labute approximate surface area is 109 Å². The average Bonchev–Trinajstić information content (AvgIpc) is 2.73. The first-order chi connectivity index (χ1) is 7.88. The lowest BCUT2D eigenvalue weighted by Gasteiger charge is -2.27. The van der Waals surface area contributed by atoms with Gasteiger partial charge in [0.1, 0.15) is 0 Å². The maximum atomic E-state index is 11.9. The van der Waals surface area contributed by atoms with E-state index in [4.69, 9.17) is 22.7 Å². The first-order valence-electron chi connectivity index (χ1n) is 5.97. The number of nitrogens with two attached hydrogens (primary N) is 1. The number of hydrogen-bond donors (Lipinski definition) is 1. The third-order valence-electron chi connectivity index (χ3n) is 3.58. The molecule has 0 aromatic rings. The van der Waals surface area contributed by atoms with Gasteiger partial charge in [0.2, 0.25) is 0 Å². The zero-order valence-electron chi connectivity index (χ0n) is 10.4. The van der Waals surface area contributed by atoms with E-state index >= 15 is 0 Å². The Morgan fingerprint density at radius 2 is 2.18 bits per heavy atom. The highest BCUT2D eigenvalue weighted by molar-refractivity contribution is 7.92. The van der Waals surface area contributed by atoms with Gasteiger partial charge in [0.15, 0.2) is 9.84 Å². The lowest BCUT2D eigenvalue weighted by molar-refractivity contribution is 0.0896. The van der Waals surface area contributed by atoms with E-state index in [-0.39, 0.29) is 11.0 Å². The minimum atomic E-state index is -3.00. The molecular weight excluding hydrogens is 258 g/mol. The Kier molecular flexibility index (Phi) is 4.92. The number of sulfone groups is 1. The first-order valence-corrected chi connectivity index (χ1v) is 8.09. The summed E-state index contributed by atoms with van der Waals surface area (Å²) >= 11 is 5.10. The standard InChI is InChI=1S/C11H21NO3S2/c1-3-15-8-11(10(12)16)6-5-9(7-11)17(13,14)4-2/h9H,3-8H2,1-2H3,(H2,12,16)/t9-,11-/m1/s1. The first kappa shape index (κ1) is 14.9. The van der Waals surface area contributed by atoms with Crippen LogP contribution in [0.3, 0.4) is 0 Å². The zero-order valence-corrected chi connectivity index (χ0v) is 12.1. The van der Waals surface area contributed by atoms with E-state index in [0.29, 0.717) is 37.5 Å². The van der Waals surface area contributed by atoms with Crippen molar-refractivity contribution in [2.24, 2.45) is 11.1 Å². The molecule has 0 unspecified atom stereocenters. The van der Waals surface area contributed by atoms with Gasteiger partial charge >= 0.3 is 0 Å².